The molecule has 1 saturated heterocycles. The van der Waals surface area contributed by atoms with Crippen LogP contribution in [-0.2, 0) is 42.1 Å². The lowest BCUT2D eigenvalue weighted by atomic mass is 10.0. The van der Waals surface area contributed by atoms with Crippen LogP contribution in [0.1, 0.15) is 30.4 Å². The summed E-state index contributed by atoms with van der Waals surface area (Å²) in [5, 5.41) is 14.6. The summed E-state index contributed by atoms with van der Waals surface area (Å²) in [5.74, 6) is -1.81. The number of nitrogens with two attached hydrogens (primary N) is 1. The van der Waals surface area contributed by atoms with Crippen LogP contribution in [0.2, 0.25) is 0 Å². The molecule has 0 aromatic heterocycles. The molecule has 1 aliphatic rings. The van der Waals surface area contributed by atoms with Gasteiger partial charge in [-0.2, -0.15) is 4.31 Å². The third kappa shape index (κ3) is 9.59. The van der Waals surface area contributed by atoms with Gasteiger partial charge in [0, 0.05) is 19.6 Å². The van der Waals surface area contributed by atoms with Gasteiger partial charge in [0.15, 0.2) is 0 Å². The molecule has 2 aromatic rings. The number of hydrogen-bond donors (Lipinski definition) is 4. The number of nitrogens with zero attached hydrogens (tertiary/aromatic N) is 1. The van der Waals surface area contributed by atoms with Crippen molar-refractivity contribution in [3.8, 4) is 0 Å². The number of ether oxygens (including phenoxy) is 2. The van der Waals surface area contributed by atoms with E-state index >= 15 is 0 Å². The predicted molar refractivity (Wildman–Crippen MR) is 146 cm³/mol. The number of rotatable bonds is 14. The van der Waals surface area contributed by atoms with E-state index in [0.717, 1.165) is 5.56 Å². The molecule has 13 heteroatoms. The standard InChI is InChI=1S/C27H36N4O8S/c28-23(18-20-9-11-22(12-10-20)40(36,37)31-14-16-38-17-15-31)25(32)30-24(26(33)34)8-4-5-13-29-27(35)39-19-21-6-2-1-3-7-21/h1-3,6-7,9-12,23-24H,4-5,8,13-19,28H2,(H,29,35)(H,30,32)(H,33,34)/t23-,24-/m0/s1. The molecule has 0 spiro atoms. The lowest BCUT2D eigenvalue weighted by Gasteiger charge is -2.26. The van der Waals surface area contributed by atoms with Crippen LogP contribution in [0.5, 0.6) is 0 Å². The first kappa shape index (κ1) is 31.0. The summed E-state index contributed by atoms with van der Waals surface area (Å²) >= 11 is 0. The fourth-order valence-corrected chi connectivity index (χ4v) is 5.46. The van der Waals surface area contributed by atoms with Crippen molar-refractivity contribution in [3.05, 3.63) is 65.7 Å². The van der Waals surface area contributed by atoms with Crippen molar-refractivity contribution in [2.45, 2.75) is 49.3 Å². The maximum Gasteiger partial charge on any atom is 0.407 e. The number of carbonyl (C=O) groups excluding carboxylic acids is 2. The summed E-state index contributed by atoms with van der Waals surface area (Å²) in [6, 6.07) is 13.2. The largest absolute Gasteiger partial charge is 0.480 e. The number of morpholine rings is 1. The molecule has 40 heavy (non-hydrogen) atoms. The zero-order valence-electron chi connectivity index (χ0n) is 22.2. The van der Waals surface area contributed by atoms with Gasteiger partial charge in [-0.25, -0.2) is 18.0 Å². The van der Waals surface area contributed by atoms with Gasteiger partial charge >= 0.3 is 12.1 Å². The van der Waals surface area contributed by atoms with E-state index < -0.39 is 40.1 Å². The fourth-order valence-electron chi connectivity index (χ4n) is 4.05. The topological polar surface area (TPSA) is 177 Å². The first-order valence-corrected chi connectivity index (χ1v) is 14.5. The van der Waals surface area contributed by atoms with Gasteiger partial charge in [-0.15, -0.1) is 0 Å². The van der Waals surface area contributed by atoms with Crippen LogP contribution in [0.4, 0.5) is 4.79 Å². The van der Waals surface area contributed by atoms with Gasteiger partial charge in [-0.05, 0) is 48.9 Å². The first-order valence-electron chi connectivity index (χ1n) is 13.1. The van der Waals surface area contributed by atoms with Gasteiger partial charge in [-0.1, -0.05) is 42.5 Å². The summed E-state index contributed by atoms with van der Waals surface area (Å²) in [6.45, 7) is 1.72. The Morgan fingerprint density at radius 2 is 1.68 bits per heavy atom. The van der Waals surface area contributed by atoms with Crippen molar-refractivity contribution in [1.29, 1.82) is 0 Å². The Morgan fingerprint density at radius 3 is 2.33 bits per heavy atom. The predicted octanol–water partition coefficient (Wildman–Crippen LogP) is 1.24. The second-order valence-electron chi connectivity index (χ2n) is 9.35. The van der Waals surface area contributed by atoms with E-state index in [1.54, 1.807) is 12.1 Å². The van der Waals surface area contributed by atoms with Crippen molar-refractivity contribution >= 4 is 28.0 Å². The number of unbranched alkanes of at least 4 members (excludes halogenated alkanes) is 1. The molecule has 0 saturated carbocycles. The summed E-state index contributed by atoms with van der Waals surface area (Å²) in [4.78, 5) is 36.2. The summed E-state index contributed by atoms with van der Waals surface area (Å²) in [6.07, 6.45) is 0.619. The van der Waals surface area contributed by atoms with Crippen molar-refractivity contribution in [2.24, 2.45) is 5.73 Å². The van der Waals surface area contributed by atoms with Crippen LogP contribution in [0.25, 0.3) is 0 Å². The van der Waals surface area contributed by atoms with Crippen molar-refractivity contribution in [1.82, 2.24) is 14.9 Å². The number of carboxylic acid groups (broad SMARTS) is 1. The molecule has 12 nitrogen and oxygen atoms in total. The van der Waals surface area contributed by atoms with E-state index in [1.807, 2.05) is 30.3 Å². The lowest BCUT2D eigenvalue weighted by molar-refractivity contribution is -0.142. The lowest BCUT2D eigenvalue weighted by Crippen LogP contribution is -2.49. The minimum absolute atomic E-state index is 0.102. The molecule has 2 atom stereocenters. The number of nitrogens with one attached hydrogen (secondary N) is 2. The number of amides is 2. The first-order chi connectivity index (χ1) is 19.2. The van der Waals surface area contributed by atoms with Crippen LogP contribution in [0.15, 0.2) is 59.5 Å². The Kier molecular flexibility index (Phi) is 11.9. The van der Waals surface area contributed by atoms with E-state index in [4.69, 9.17) is 15.2 Å². The number of aliphatic carboxylic acids is 1. The average molecular weight is 577 g/mol. The minimum atomic E-state index is -3.63. The number of alkyl carbamates (subject to hydrolysis) is 1. The Morgan fingerprint density at radius 1 is 1.00 bits per heavy atom. The third-order valence-electron chi connectivity index (χ3n) is 6.34. The highest BCUT2D eigenvalue weighted by molar-refractivity contribution is 7.89. The molecule has 0 bridgehead atoms. The van der Waals surface area contributed by atoms with E-state index in [-0.39, 0.29) is 37.4 Å². The normalized spacial score (nSPS) is 15.5. The third-order valence-corrected chi connectivity index (χ3v) is 8.25. The number of hydrogen-bond acceptors (Lipinski definition) is 8. The van der Waals surface area contributed by atoms with E-state index in [2.05, 4.69) is 10.6 Å². The van der Waals surface area contributed by atoms with Crippen molar-refractivity contribution in [3.63, 3.8) is 0 Å². The highest BCUT2D eigenvalue weighted by Crippen LogP contribution is 2.18. The number of benzene rings is 2. The molecule has 1 heterocycles. The van der Waals surface area contributed by atoms with Gasteiger partial charge in [0.1, 0.15) is 12.6 Å². The molecule has 3 rings (SSSR count). The van der Waals surface area contributed by atoms with Gasteiger partial charge in [0.25, 0.3) is 0 Å². The van der Waals surface area contributed by atoms with Gasteiger partial charge in [0.2, 0.25) is 15.9 Å². The minimum Gasteiger partial charge on any atom is -0.480 e. The number of carboxylic acids is 1. The summed E-state index contributed by atoms with van der Waals surface area (Å²) in [7, 11) is -3.63. The maximum absolute atomic E-state index is 12.8. The quantitative estimate of drug-likeness (QED) is 0.241. The van der Waals surface area contributed by atoms with Crippen LogP contribution in [0.3, 0.4) is 0 Å². The van der Waals surface area contributed by atoms with Crippen LogP contribution < -0.4 is 16.4 Å². The van der Waals surface area contributed by atoms with E-state index in [1.165, 1.54) is 16.4 Å². The molecule has 218 valence electrons. The second-order valence-corrected chi connectivity index (χ2v) is 11.3. The molecule has 0 radical (unpaired) electrons. The SMILES string of the molecule is N[C@@H](Cc1ccc(S(=O)(=O)N2CCOCC2)cc1)C(=O)N[C@@H](CCCCNC(=O)OCc1ccccc1)C(=O)O. The van der Waals surface area contributed by atoms with Crippen LogP contribution in [-0.4, -0.2) is 80.7 Å². The Hall–Kier alpha value is -3.52. The molecule has 1 fully saturated rings. The van der Waals surface area contributed by atoms with Crippen LogP contribution in [0, 0.1) is 0 Å². The highest BCUT2D eigenvalue weighted by Gasteiger charge is 2.27. The monoisotopic (exact) mass is 576 g/mol. The molecule has 0 unspecified atom stereocenters. The summed E-state index contributed by atoms with van der Waals surface area (Å²) < 4.78 is 37.2. The molecule has 2 aromatic carbocycles. The average Bonchev–Trinajstić information content (AvgIpc) is 2.96. The molecule has 2 amide bonds. The van der Waals surface area contributed by atoms with E-state index in [9.17, 15) is 27.9 Å². The van der Waals surface area contributed by atoms with Crippen LogP contribution >= 0.6 is 0 Å². The number of sulfonamides is 1. The van der Waals surface area contributed by atoms with Gasteiger partial charge in [-0.3, -0.25) is 4.79 Å². The Balaban J connectivity index is 1.39. The Bertz CT molecular complexity index is 1220. The zero-order chi connectivity index (χ0) is 29.0. The van der Waals surface area contributed by atoms with Gasteiger partial charge < -0.3 is 30.9 Å². The molecule has 5 N–H and O–H groups in total. The zero-order valence-corrected chi connectivity index (χ0v) is 23.0. The Labute approximate surface area is 233 Å². The summed E-state index contributed by atoms with van der Waals surface area (Å²) in [5.41, 5.74) is 7.52. The highest BCUT2D eigenvalue weighted by atomic mass is 32.2. The molecular weight excluding hydrogens is 540 g/mol. The van der Waals surface area contributed by atoms with Gasteiger partial charge in [0.05, 0.1) is 24.2 Å². The smallest absolute Gasteiger partial charge is 0.407 e. The maximum atomic E-state index is 12.8. The molecule has 0 aliphatic carbocycles. The van der Waals surface area contributed by atoms with E-state index in [0.29, 0.717) is 38.2 Å². The number of carbonyl (C=O) groups is 3. The fraction of sp³-hybridized carbons (Fsp3) is 0.444. The van der Waals surface area contributed by atoms with Crippen molar-refractivity contribution in [2.75, 3.05) is 32.8 Å². The molecular formula is C27H36N4O8S. The second kappa shape index (κ2) is 15.3. The molecule has 1 aliphatic heterocycles. The van der Waals surface area contributed by atoms with Crippen molar-refractivity contribution < 1.29 is 37.4 Å².